The molecule has 4 rings (SSSR count). The molecule has 2 aliphatic rings. The van der Waals surface area contributed by atoms with Gasteiger partial charge in [0.1, 0.15) is 24.8 Å². The lowest BCUT2D eigenvalue weighted by Gasteiger charge is -2.23. The van der Waals surface area contributed by atoms with Crippen LogP contribution < -0.4 is 10.1 Å². The summed E-state index contributed by atoms with van der Waals surface area (Å²) in [5.74, 6) is -0.287. The van der Waals surface area contributed by atoms with Gasteiger partial charge in [-0.25, -0.2) is 14.6 Å². The number of hydrogen-bond donors (Lipinski definition) is 1. The molecule has 4 atom stereocenters. The summed E-state index contributed by atoms with van der Waals surface area (Å²) in [7, 11) is 1.27. The van der Waals surface area contributed by atoms with E-state index < -0.39 is 30.1 Å². The molecule has 1 aromatic carbocycles. The van der Waals surface area contributed by atoms with Gasteiger partial charge in [-0.2, -0.15) is 0 Å². The van der Waals surface area contributed by atoms with Crippen LogP contribution in [0.3, 0.4) is 0 Å². The summed E-state index contributed by atoms with van der Waals surface area (Å²) in [4.78, 5) is 43.7. The van der Waals surface area contributed by atoms with E-state index in [0.717, 1.165) is 49.4 Å². The van der Waals surface area contributed by atoms with Gasteiger partial charge in [0.25, 0.3) is 0 Å². The third-order valence-electron chi connectivity index (χ3n) is 7.21. The monoisotopic (exact) mass is 543 g/mol. The standard InChI is InChI=1S/C28H34ClN3O6/c1-3-4-5-9-18-11-8-13-23(18)38-28(35)30-16-25(33)32-17-20(15-22(32)27(34)36-2)37-24-14-19-10-6-7-12-21(19)31-26(24)29/h3,6-7,10,12,14,18,20,22-23H,1,4-5,8-9,11,13,15-17H2,2H3,(H,30,35)/t18-,20-,22+,23-/m1/s1. The van der Waals surface area contributed by atoms with Crippen LogP contribution in [-0.2, 0) is 19.1 Å². The molecule has 10 heteroatoms. The molecule has 0 bridgehead atoms. The van der Waals surface area contributed by atoms with Crippen molar-refractivity contribution < 1.29 is 28.6 Å². The maximum absolute atomic E-state index is 13.0. The predicted octanol–water partition coefficient (Wildman–Crippen LogP) is 4.66. The normalized spacial score (nSPS) is 22.7. The number of nitrogens with one attached hydrogen (secondary N) is 1. The predicted molar refractivity (Wildman–Crippen MR) is 143 cm³/mol. The number of benzene rings is 1. The number of fused-ring (bicyclic) bond motifs is 1. The number of unbranched alkanes of at least 4 members (excludes halogenated alkanes) is 1. The molecule has 2 fully saturated rings. The quantitative estimate of drug-likeness (QED) is 0.201. The van der Waals surface area contributed by atoms with E-state index in [-0.39, 0.29) is 30.8 Å². The van der Waals surface area contributed by atoms with Crippen molar-refractivity contribution in [3.63, 3.8) is 0 Å². The zero-order chi connectivity index (χ0) is 27.1. The third-order valence-corrected chi connectivity index (χ3v) is 7.48. The number of rotatable bonds is 10. The first-order valence-corrected chi connectivity index (χ1v) is 13.4. The molecule has 0 spiro atoms. The number of carbonyl (C=O) groups excluding carboxylic acids is 3. The van der Waals surface area contributed by atoms with Crippen LogP contribution in [0.15, 0.2) is 43.0 Å². The number of amides is 2. The number of allylic oxidation sites excluding steroid dienone is 1. The van der Waals surface area contributed by atoms with E-state index in [4.69, 9.17) is 25.8 Å². The molecular formula is C28H34ClN3O6. The van der Waals surface area contributed by atoms with Crippen LogP contribution in [-0.4, -0.2) is 66.3 Å². The van der Waals surface area contributed by atoms with Crippen molar-refractivity contribution in [3.8, 4) is 5.75 Å². The number of alkyl carbamates (subject to hydrolysis) is 1. The van der Waals surface area contributed by atoms with Gasteiger partial charge in [-0.05, 0) is 56.6 Å². The molecule has 2 aromatic rings. The van der Waals surface area contributed by atoms with Gasteiger partial charge in [0.2, 0.25) is 5.91 Å². The van der Waals surface area contributed by atoms with Crippen molar-refractivity contribution in [2.75, 3.05) is 20.2 Å². The molecule has 9 nitrogen and oxygen atoms in total. The van der Waals surface area contributed by atoms with Crippen LogP contribution in [0.2, 0.25) is 5.15 Å². The van der Waals surface area contributed by atoms with E-state index in [1.54, 1.807) is 6.07 Å². The molecule has 2 amide bonds. The highest BCUT2D eigenvalue weighted by Crippen LogP contribution is 2.33. The zero-order valence-corrected chi connectivity index (χ0v) is 22.3. The van der Waals surface area contributed by atoms with Crippen molar-refractivity contribution in [1.82, 2.24) is 15.2 Å². The maximum Gasteiger partial charge on any atom is 0.407 e. The summed E-state index contributed by atoms with van der Waals surface area (Å²) in [6, 6.07) is 8.45. The number of hydrogen-bond acceptors (Lipinski definition) is 7. The Bertz CT molecular complexity index is 1170. The first-order valence-electron chi connectivity index (χ1n) is 13.0. The molecule has 2 heterocycles. The summed E-state index contributed by atoms with van der Waals surface area (Å²) >= 11 is 6.33. The minimum atomic E-state index is -0.841. The number of likely N-dealkylation sites (tertiary alicyclic amines) is 1. The molecule has 1 aliphatic carbocycles. The van der Waals surface area contributed by atoms with Crippen molar-refractivity contribution in [3.05, 3.63) is 48.1 Å². The van der Waals surface area contributed by atoms with Gasteiger partial charge in [0, 0.05) is 11.8 Å². The van der Waals surface area contributed by atoms with E-state index in [9.17, 15) is 14.4 Å². The lowest BCUT2D eigenvalue weighted by Crippen LogP contribution is -2.46. The van der Waals surface area contributed by atoms with Gasteiger partial charge in [-0.15, -0.1) is 6.58 Å². The fourth-order valence-electron chi connectivity index (χ4n) is 5.29. The highest BCUT2D eigenvalue weighted by molar-refractivity contribution is 6.31. The minimum absolute atomic E-state index is 0.131. The SMILES string of the molecule is C=CCCC[C@@H]1CCC[C@H]1OC(=O)NCC(=O)N1C[C@H](Oc2cc3ccccc3nc2Cl)C[C@H]1C(=O)OC. The fourth-order valence-corrected chi connectivity index (χ4v) is 5.48. The van der Waals surface area contributed by atoms with Crippen LogP contribution >= 0.6 is 11.6 Å². The van der Waals surface area contributed by atoms with Crippen molar-refractivity contribution in [2.24, 2.45) is 5.92 Å². The number of methoxy groups -OCH3 is 1. The molecular weight excluding hydrogens is 510 g/mol. The second-order valence-electron chi connectivity index (χ2n) is 9.74. The van der Waals surface area contributed by atoms with Crippen LogP contribution in [0.1, 0.15) is 44.9 Å². The van der Waals surface area contributed by atoms with Crippen molar-refractivity contribution >= 4 is 40.5 Å². The first kappa shape index (κ1) is 27.7. The second kappa shape index (κ2) is 13.0. The van der Waals surface area contributed by atoms with Crippen LogP contribution in [0.5, 0.6) is 5.75 Å². The number of aromatic nitrogens is 1. The van der Waals surface area contributed by atoms with Crippen molar-refractivity contribution in [1.29, 1.82) is 0 Å². The number of ether oxygens (including phenoxy) is 3. The molecule has 38 heavy (non-hydrogen) atoms. The lowest BCUT2D eigenvalue weighted by molar-refractivity contribution is -0.150. The summed E-state index contributed by atoms with van der Waals surface area (Å²) < 4.78 is 16.6. The van der Waals surface area contributed by atoms with E-state index in [1.165, 1.54) is 12.0 Å². The van der Waals surface area contributed by atoms with Gasteiger partial charge in [0.15, 0.2) is 10.9 Å². The summed E-state index contributed by atoms with van der Waals surface area (Å²) in [6.07, 6.45) is 6.63. The summed E-state index contributed by atoms with van der Waals surface area (Å²) in [6.45, 7) is 3.58. The highest BCUT2D eigenvalue weighted by Gasteiger charge is 2.42. The molecule has 1 saturated heterocycles. The lowest BCUT2D eigenvalue weighted by atomic mass is 9.98. The fraction of sp³-hybridized carbons (Fsp3) is 0.500. The van der Waals surface area contributed by atoms with Gasteiger partial charge in [0.05, 0.1) is 19.2 Å². The smallest absolute Gasteiger partial charge is 0.407 e. The molecule has 0 radical (unpaired) electrons. The highest BCUT2D eigenvalue weighted by atomic mass is 35.5. The summed E-state index contributed by atoms with van der Waals surface area (Å²) in [5, 5.41) is 3.61. The Morgan fingerprint density at radius 1 is 1.26 bits per heavy atom. The van der Waals surface area contributed by atoms with Gasteiger partial charge >= 0.3 is 12.1 Å². The topological polar surface area (TPSA) is 107 Å². The minimum Gasteiger partial charge on any atom is -0.485 e. The average Bonchev–Trinajstić information content (AvgIpc) is 3.54. The van der Waals surface area contributed by atoms with E-state index in [2.05, 4.69) is 16.9 Å². The molecule has 1 N–H and O–H groups in total. The Labute approximate surface area is 227 Å². The number of pyridine rings is 1. The Hall–Kier alpha value is -3.33. The van der Waals surface area contributed by atoms with Gasteiger partial charge in [-0.3, -0.25) is 4.79 Å². The molecule has 1 aliphatic heterocycles. The average molecular weight is 544 g/mol. The maximum atomic E-state index is 13.0. The number of halogens is 1. The van der Waals surface area contributed by atoms with Gasteiger partial charge < -0.3 is 24.4 Å². The Balaban J connectivity index is 1.34. The number of esters is 1. The van der Waals surface area contributed by atoms with Gasteiger partial charge in [-0.1, -0.05) is 35.9 Å². The Morgan fingerprint density at radius 3 is 2.87 bits per heavy atom. The van der Waals surface area contributed by atoms with Crippen molar-refractivity contribution in [2.45, 2.75) is 63.2 Å². The number of nitrogens with zero attached hydrogens (tertiary/aromatic N) is 2. The number of para-hydroxylation sites is 1. The van der Waals surface area contributed by atoms with E-state index in [1.807, 2.05) is 30.3 Å². The first-order chi connectivity index (χ1) is 18.4. The molecule has 1 saturated carbocycles. The van der Waals surface area contributed by atoms with Crippen LogP contribution in [0.4, 0.5) is 4.79 Å². The molecule has 204 valence electrons. The third kappa shape index (κ3) is 6.75. The molecule has 1 aromatic heterocycles. The Kier molecular flexibility index (Phi) is 9.44. The number of carbonyl (C=O) groups is 3. The summed E-state index contributed by atoms with van der Waals surface area (Å²) in [5.41, 5.74) is 0.735. The zero-order valence-electron chi connectivity index (χ0n) is 21.6. The van der Waals surface area contributed by atoms with Crippen LogP contribution in [0.25, 0.3) is 10.9 Å². The van der Waals surface area contributed by atoms with Crippen LogP contribution in [0, 0.1) is 5.92 Å². The second-order valence-corrected chi connectivity index (χ2v) is 10.1. The molecule has 0 unspecified atom stereocenters. The largest absolute Gasteiger partial charge is 0.485 e. The van der Waals surface area contributed by atoms with E-state index >= 15 is 0 Å². The van der Waals surface area contributed by atoms with E-state index in [0.29, 0.717) is 11.7 Å². The Morgan fingerprint density at radius 2 is 2.08 bits per heavy atom.